The largest absolute Gasteiger partial charge is 0.309 e. The molecule has 112 heavy (non-hydrogen) atoms. The minimum atomic E-state index is 0.546. The minimum absolute atomic E-state index is 0.546. The van der Waals surface area contributed by atoms with E-state index in [2.05, 4.69) is 370 Å². The Morgan fingerprint density at radius 2 is 0.545 bits per heavy atom. The summed E-state index contributed by atoms with van der Waals surface area (Å²) in [6.45, 7) is 0. The lowest BCUT2D eigenvalue weighted by atomic mass is 9.97. The number of nitrogens with zero attached hydrogens (tertiary/aromatic N) is 9. The molecule has 22 rings (SSSR count). The molecule has 0 fully saturated rings. The maximum atomic E-state index is 5.58. The van der Waals surface area contributed by atoms with Crippen molar-refractivity contribution in [1.82, 2.24) is 43.2 Å². The van der Waals surface area contributed by atoms with Gasteiger partial charge in [0.1, 0.15) is 0 Å². The van der Waals surface area contributed by atoms with Crippen molar-refractivity contribution >= 4 is 87.2 Å². The Kier molecular flexibility index (Phi) is 15.1. The first-order valence-corrected chi connectivity index (χ1v) is 38.0. The van der Waals surface area contributed by atoms with Gasteiger partial charge >= 0.3 is 0 Å². The molecule has 0 saturated heterocycles. The Morgan fingerprint density at radius 1 is 0.161 bits per heavy atom. The fourth-order valence-corrected chi connectivity index (χ4v) is 17.1. The molecule has 0 spiro atoms. The summed E-state index contributed by atoms with van der Waals surface area (Å²) in [4.78, 5) is 27.3. The van der Waals surface area contributed by atoms with E-state index < -0.39 is 0 Å². The van der Waals surface area contributed by atoms with E-state index in [0.29, 0.717) is 23.3 Å². The van der Waals surface area contributed by atoms with Gasteiger partial charge in [0, 0.05) is 87.8 Å². The minimum Gasteiger partial charge on any atom is -0.309 e. The van der Waals surface area contributed by atoms with Crippen LogP contribution in [0.3, 0.4) is 0 Å². The van der Waals surface area contributed by atoms with Crippen LogP contribution < -0.4 is 0 Å². The van der Waals surface area contributed by atoms with E-state index >= 15 is 0 Å². The van der Waals surface area contributed by atoms with Crippen LogP contribution >= 0.6 is 0 Å². The second kappa shape index (κ2) is 26.3. The lowest BCUT2D eigenvalue weighted by Gasteiger charge is -2.17. The van der Waals surface area contributed by atoms with Crippen molar-refractivity contribution in [2.75, 3.05) is 0 Å². The number of rotatable bonds is 13. The first-order valence-electron chi connectivity index (χ1n) is 38.0. The maximum Gasteiger partial charge on any atom is 0.166 e. The Balaban J connectivity index is 0.696. The smallest absolute Gasteiger partial charge is 0.166 e. The van der Waals surface area contributed by atoms with Crippen molar-refractivity contribution in [2.24, 2.45) is 0 Å². The average Bonchev–Trinajstić information content (AvgIpc) is 1.57. The van der Waals surface area contributed by atoms with Crippen LogP contribution in [0.15, 0.2) is 394 Å². The highest BCUT2D eigenvalue weighted by molar-refractivity contribution is 6.18. The van der Waals surface area contributed by atoms with Crippen LogP contribution in [0.25, 0.3) is 211 Å². The van der Waals surface area contributed by atoms with E-state index in [1.807, 2.05) is 42.5 Å². The zero-order chi connectivity index (χ0) is 73.7. The maximum absolute atomic E-state index is 5.58. The SMILES string of the molecule is c1ccc(-c2cc(-c3cc(-c4cccc(-c5nc(-c6ccccc6)nc(-c6ccccc6-n6c7ccccc7c7c(-c8ccc9c(c8)c8ccccc8n9-c8ccccc8)cccc76)n5)c4)ccc3-n3c4ccccc4c4cc(-c5ccc6c7ccccc7n(-c7ccccc7)c6c5)ccc43)nc(-c3ccccc3)n2)cc1. The Morgan fingerprint density at radius 3 is 1.21 bits per heavy atom. The van der Waals surface area contributed by atoms with E-state index in [0.717, 1.165) is 150 Å². The molecule has 0 atom stereocenters. The van der Waals surface area contributed by atoms with Gasteiger partial charge in [-0.25, -0.2) is 24.9 Å². The Hall–Kier alpha value is -15.2. The van der Waals surface area contributed by atoms with Crippen molar-refractivity contribution in [3.8, 4) is 124 Å². The van der Waals surface area contributed by atoms with Crippen molar-refractivity contribution in [3.63, 3.8) is 0 Å². The van der Waals surface area contributed by atoms with Crippen molar-refractivity contribution in [3.05, 3.63) is 394 Å². The summed E-state index contributed by atoms with van der Waals surface area (Å²) in [6, 6.07) is 141. The number of para-hydroxylation sites is 7. The van der Waals surface area contributed by atoms with Crippen LogP contribution in [-0.4, -0.2) is 43.2 Å². The van der Waals surface area contributed by atoms with Gasteiger partial charge in [-0.3, -0.25) is 0 Å². The number of fused-ring (bicyclic) bond motifs is 12. The quantitative estimate of drug-likeness (QED) is 0.115. The van der Waals surface area contributed by atoms with Gasteiger partial charge in [-0.2, -0.15) is 0 Å². The average molecular weight is 1430 g/mol. The summed E-state index contributed by atoms with van der Waals surface area (Å²) >= 11 is 0. The van der Waals surface area contributed by atoms with Crippen molar-refractivity contribution in [2.45, 2.75) is 0 Å². The first-order chi connectivity index (χ1) is 55.5. The zero-order valence-corrected chi connectivity index (χ0v) is 60.6. The van der Waals surface area contributed by atoms with Gasteiger partial charge < -0.3 is 18.3 Å². The Bertz CT molecular complexity index is 7430. The third-order valence-electron chi connectivity index (χ3n) is 22.2. The fourth-order valence-electron chi connectivity index (χ4n) is 17.1. The summed E-state index contributed by atoms with van der Waals surface area (Å²) in [5.41, 5.74) is 26.7. The lowest BCUT2D eigenvalue weighted by Crippen LogP contribution is -2.03. The second-order valence-corrected chi connectivity index (χ2v) is 28.7. The molecule has 0 N–H and O–H groups in total. The van der Waals surface area contributed by atoms with Crippen LogP contribution in [0.1, 0.15) is 0 Å². The molecule has 6 heterocycles. The highest BCUT2D eigenvalue weighted by Gasteiger charge is 2.26. The van der Waals surface area contributed by atoms with Gasteiger partial charge in [0.2, 0.25) is 0 Å². The van der Waals surface area contributed by atoms with Crippen LogP contribution in [0.5, 0.6) is 0 Å². The van der Waals surface area contributed by atoms with Gasteiger partial charge in [-0.15, -0.1) is 0 Å². The predicted octanol–water partition coefficient (Wildman–Crippen LogP) is 26.1. The highest BCUT2D eigenvalue weighted by Crippen LogP contribution is 2.46. The molecule has 0 saturated carbocycles. The van der Waals surface area contributed by atoms with Gasteiger partial charge in [-0.05, 0) is 155 Å². The molecule has 0 unspecified atom stereocenters. The molecule has 22 aromatic rings. The monoisotopic (exact) mass is 1430 g/mol. The van der Waals surface area contributed by atoms with E-state index in [9.17, 15) is 0 Å². The topological polar surface area (TPSA) is 84.2 Å². The molecule has 6 aromatic heterocycles. The van der Waals surface area contributed by atoms with Crippen LogP contribution in [-0.2, 0) is 0 Å². The predicted molar refractivity (Wildman–Crippen MR) is 462 cm³/mol. The van der Waals surface area contributed by atoms with Gasteiger partial charge in [0.25, 0.3) is 0 Å². The van der Waals surface area contributed by atoms with Crippen molar-refractivity contribution in [1.29, 1.82) is 0 Å². The summed E-state index contributed by atoms with van der Waals surface area (Å²) in [5, 5.41) is 9.46. The molecule has 16 aromatic carbocycles. The third kappa shape index (κ3) is 10.7. The molecule has 0 aliphatic rings. The third-order valence-corrected chi connectivity index (χ3v) is 22.2. The molecular weight excluding hydrogens is 1360 g/mol. The van der Waals surface area contributed by atoms with E-state index in [4.69, 9.17) is 24.9 Å². The summed E-state index contributed by atoms with van der Waals surface area (Å²) in [6.07, 6.45) is 0. The van der Waals surface area contributed by atoms with Crippen molar-refractivity contribution < 1.29 is 0 Å². The van der Waals surface area contributed by atoms with Gasteiger partial charge in [0.15, 0.2) is 23.3 Å². The summed E-state index contributed by atoms with van der Waals surface area (Å²) in [5.74, 6) is 2.30. The number of aromatic nitrogens is 9. The molecule has 522 valence electrons. The van der Waals surface area contributed by atoms with Crippen LogP contribution in [0, 0.1) is 0 Å². The molecule has 9 nitrogen and oxygen atoms in total. The van der Waals surface area contributed by atoms with Crippen LogP contribution in [0.4, 0.5) is 0 Å². The second-order valence-electron chi connectivity index (χ2n) is 28.7. The molecule has 0 aliphatic carbocycles. The standard InChI is InChI=1S/C103H65N9/c1-6-28-66(29-7-1)87-65-88(105-100(104-87)67-30-8-2-9-31-67)86-62-71(54-58-96(86)111-91-48-23-18-42-80(91)84-61-70(53-57-95(84)111)72-52-56-81-78-40-16-21-46-89(78)110(98(81)64-72)76-38-14-5-15-39-76)69-34-26-35-74(60-69)102-106-101(68-32-10-3-11-33-68)107-103(108-102)83-44-20-25-50-93(83)112-92-49-24-19-43-82(92)99-77(45-27-51-97(99)112)73-55-59-94-85(63-73)79-41-17-22-47-90(79)109(94)75-36-12-4-13-37-75/h1-65H. The fraction of sp³-hybridized carbons (Fsp3) is 0. The number of hydrogen-bond donors (Lipinski definition) is 0. The zero-order valence-electron chi connectivity index (χ0n) is 60.6. The normalized spacial score (nSPS) is 11.8. The first kappa shape index (κ1) is 64.0. The van der Waals surface area contributed by atoms with E-state index in [1.165, 1.54) is 38.0 Å². The molecule has 0 radical (unpaired) electrons. The van der Waals surface area contributed by atoms with E-state index in [1.54, 1.807) is 0 Å². The van der Waals surface area contributed by atoms with Crippen LogP contribution in [0.2, 0.25) is 0 Å². The van der Waals surface area contributed by atoms with Gasteiger partial charge in [-0.1, -0.05) is 273 Å². The molecule has 0 amide bonds. The van der Waals surface area contributed by atoms with E-state index in [-0.39, 0.29) is 0 Å². The molecule has 9 heteroatoms. The lowest BCUT2D eigenvalue weighted by molar-refractivity contribution is 1.06. The molecular formula is C103H65N9. The number of hydrogen-bond acceptors (Lipinski definition) is 5. The molecule has 0 bridgehead atoms. The summed E-state index contributed by atoms with van der Waals surface area (Å²) < 4.78 is 9.58. The van der Waals surface area contributed by atoms with Gasteiger partial charge in [0.05, 0.1) is 66.9 Å². The summed E-state index contributed by atoms with van der Waals surface area (Å²) in [7, 11) is 0. The number of benzene rings is 16. The Labute approximate surface area is 644 Å². The highest BCUT2D eigenvalue weighted by atomic mass is 15.1. The molecule has 0 aliphatic heterocycles.